The maximum atomic E-state index is 12.6. The zero-order chi connectivity index (χ0) is 13.1. The molecule has 0 spiro atoms. The maximum absolute atomic E-state index is 12.6. The first kappa shape index (κ1) is 11.2. The Morgan fingerprint density at radius 2 is 2.05 bits per heavy atom. The van der Waals surface area contributed by atoms with E-state index in [0.29, 0.717) is 11.8 Å². The van der Waals surface area contributed by atoms with Crippen molar-refractivity contribution in [3.63, 3.8) is 0 Å². The summed E-state index contributed by atoms with van der Waals surface area (Å²) in [4.78, 5) is 14.2. The Labute approximate surface area is 112 Å². The zero-order valence-corrected chi connectivity index (χ0v) is 10.9. The number of nitrogens with zero attached hydrogens (tertiary/aromatic N) is 1. The van der Waals surface area contributed by atoms with E-state index in [-0.39, 0.29) is 17.7 Å². The van der Waals surface area contributed by atoms with Crippen molar-refractivity contribution < 1.29 is 9.90 Å². The van der Waals surface area contributed by atoms with Gasteiger partial charge in [-0.25, -0.2) is 0 Å². The lowest BCUT2D eigenvalue weighted by molar-refractivity contribution is -0.121. The Balaban J connectivity index is 1.74. The number of benzene rings is 1. The average Bonchev–Trinajstić information content (AvgIpc) is 3.04. The van der Waals surface area contributed by atoms with Gasteiger partial charge in [-0.2, -0.15) is 0 Å². The normalized spacial score (nSPS) is 39.2. The van der Waals surface area contributed by atoms with Gasteiger partial charge in [0.05, 0.1) is 5.92 Å². The Morgan fingerprint density at radius 1 is 1.26 bits per heavy atom. The van der Waals surface area contributed by atoms with Gasteiger partial charge in [0.15, 0.2) is 0 Å². The fourth-order valence-corrected chi connectivity index (χ4v) is 4.14. The molecule has 0 radical (unpaired) electrons. The van der Waals surface area contributed by atoms with Crippen LogP contribution in [0.5, 0.6) is 0 Å². The highest BCUT2D eigenvalue weighted by Crippen LogP contribution is 2.54. The van der Waals surface area contributed by atoms with Crippen molar-refractivity contribution in [2.75, 3.05) is 4.90 Å². The summed E-state index contributed by atoms with van der Waals surface area (Å²) in [5, 5.41) is 10.6. The predicted molar refractivity (Wildman–Crippen MR) is 72.4 cm³/mol. The molecule has 1 saturated heterocycles. The molecule has 1 aromatic carbocycles. The minimum Gasteiger partial charge on any atom is -0.373 e. The molecule has 4 rings (SSSR count). The molecule has 2 fully saturated rings. The van der Waals surface area contributed by atoms with Crippen molar-refractivity contribution in [3.05, 3.63) is 42.0 Å². The molecule has 1 heterocycles. The van der Waals surface area contributed by atoms with Crippen molar-refractivity contribution in [3.8, 4) is 0 Å². The molecule has 1 saturated carbocycles. The summed E-state index contributed by atoms with van der Waals surface area (Å²) in [6.07, 6.45) is 4.72. The molecule has 3 aliphatic rings. The van der Waals surface area contributed by atoms with E-state index in [1.54, 1.807) is 4.90 Å². The zero-order valence-electron chi connectivity index (χ0n) is 10.9. The van der Waals surface area contributed by atoms with E-state index in [1.807, 2.05) is 31.2 Å². The third-order valence-corrected chi connectivity index (χ3v) is 4.93. The van der Waals surface area contributed by atoms with Gasteiger partial charge in [0.25, 0.3) is 0 Å². The maximum Gasteiger partial charge on any atom is 0.233 e. The van der Waals surface area contributed by atoms with Crippen LogP contribution in [0.25, 0.3) is 0 Å². The van der Waals surface area contributed by atoms with Gasteiger partial charge in [0.1, 0.15) is 6.23 Å². The second-order valence-electron chi connectivity index (χ2n) is 6.01. The minimum atomic E-state index is -0.667. The van der Waals surface area contributed by atoms with E-state index in [1.165, 1.54) is 0 Å². The topological polar surface area (TPSA) is 40.5 Å². The summed E-state index contributed by atoms with van der Waals surface area (Å²) >= 11 is 0. The second kappa shape index (κ2) is 3.70. The van der Waals surface area contributed by atoms with Crippen molar-refractivity contribution in [2.45, 2.75) is 19.6 Å². The fraction of sp³-hybridized carbons (Fsp3) is 0.438. The molecule has 2 aliphatic carbocycles. The van der Waals surface area contributed by atoms with E-state index in [0.717, 1.165) is 17.7 Å². The van der Waals surface area contributed by atoms with Gasteiger partial charge >= 0.3 is 0 Å². The summed E-state index contributed by atoms with van der Waals surface area (Å²) in [5.74, 6) is 0.893. The van der Waals surface area contributed by atoms with Crippen LogP contribution >= 0.6 is 0 Å². The minimum absolute atomic E-state index is 0.00878. The molecule has 3 heteroatoms. The summed E-state index contributed by atoms with van der Waals surface area (Å²) < 4.78 is 0. The molecular weight excluding hydrogens is 238 g/mol. The van der Waals surface area contributed by atoms with E-state index in [2.05, 4.69) is 12.2 Å². The van der Waals surface area contributed by atoms with E-state index in [9.17, 15) is 9.90 Å². The quantitative estimate of drug-likeness (QED) is 0.781. The van der Waals surface area contributed by atoms with Crippen LogP contribution in [0.3, 0.4) is 0 Å². The average molecular weight is 255 g/mol. The van der Waals surface area contributed by atoms with Gasteiger partial charge < -0.3 is 5.11 Å². The van der Waals surface area contributed by atoms with Gasteiger partial charge in [-0.05, 0) is 42.9 Å². The van der Waals surface area contributed by atoms with Gasteiger partial charge in [-0.3, -0.25) is 9.69 Å². The molecule has 0 aromatic heterocycles. The number of allylic oxidation sites excluding steroid dienone is 2. The van der Waals surface area contributed by atoms with Crippen molar-refractivity contribution in [1.29, 1.82) is 0 Å². The molecule has 0 unspecified atom stereocenters. The number of anilines is 1. The summed E-state index contributed by atoms with van der Waals surface area (Å²) in [6, 6.07) is 7.82. The fourth-order valence-electron chi connectivity index (χ4n) is 4.14. The van der Waals surface area contributed by atoms with Gasteiger partial charge in [-0.1, -0.05) is 24.3 Å². The molecular formula is C16H17NO2. The number of aliphatic hydroxyl groups is 1. The molecule has 1 N–H and O–H groups in total. The van der Waals surface area contributed by atoms with Crippen LogP contribution in [0.15, 0.2) is 36.4 Å². The van der Waals surface area contributed by atoms with Gasteiger partial charge in [0, 0.05) is 11.6 Å². The summed E-state index contributed by atoms with van der Waals surface area (Å²) in [5.41, 5.74) is 1.93. The lowest BCUT2D eigenvalue weighted by Crippen LogP contribution is -2.36. The lowest BCUT2D eigenvalue weighted by Gasteiger charge is -2.25. The highest BCUT2D eigenvalue weighted by Gasteiger charge is 2.59. The standard InChI is InChI=1S/C16H17NO2/c1-9-3-2-4-12(7-9)17-15(18)13-10-5-6-11(8-10)14(13)16(17)19/h2-7,10-11,13-15,18H,8H2,1H3/t10-,11-,13-,14+,15-/m0/s1. The van der Waals surface area contributed by atoms with E-state index in [4.69, 9.17) is 0 Å². The Kier molecular flexibility index (Phi) is 2.19. The van der Waals surface area contributed by atoms with Crippen LogP contribution in [0.4, 0.5) is 5.69 Å². The highest BCUT2D eigenvalue weighted by atomic mass is 16.3. The number of carbonyl (C=O) groups is 1. The number of hydrogen-bond acceptors (Lipinski definition) is 2. The third kappa shape index (κ3) is 1.39. The van der Waals surface area contributed by atoms with Crippen LogP contribution in [0, 0.1) is 30.6 Å². The smallest absolute Gasteiger partial charge is 0.233 e. The Bertz CT molecular complexity index is 580. The summed E-state index contributed by atoms with van der Waals surface area (Å²) in [6.45, 7) is 2.00. The number of hydrogen-bond donors (Lipinski definition) is 1. The largest absolute Gasteiger partial charge is 0.373 e. The van der Waals surface area contributed by atoms with E-state index < -0.39 is 6.23 Å². The van der Waals surface area contributed by atoms with Crippen LogP contribution in [0.2, 0.25) is 0 Å². The lowest BCUT2D eigenvalue weighted by atomic mass is 9.85. The van der Waals surface area contributed by atoms with Crippen molar-refractivity contribution in [2.24, 2.45) is 23.7 Å². The second-order valence-corrected chi connectivity index (χ2v) is 6.01. The molecule has 5 atom stereocenters. The SMILES string of the molecule is Cc1cccc(N2C(=O)[C@H]3[C@H]([C@H]4C=C[C@H]3C4)[C@@H]2O)c1. The summed E-state index contributed by atoms with van der Waals surface area (Å²) in [7, 11) is 0. The molecule has 1 aromatic rings. The molecule has 2 bridgehead atoms. The van der Waals surface area contributed by atoms with Crippen molar-refractivity contribution >= 4 is 11.6 Å². The molecule has 3 nitrogen and oxygen atoms in total. The number of carbonyl (C=O) groups excluding carboxylic acids is 1. The van der Waals surface area contributed by atoms with Crippen molar-refractivity contribution in [1.82, 2.24) is 0 Å². The molecule has 1 aliphatic heterocycles. The van der Waals surface area contributed by atoms with Gasteiger partial charge in [-0.15, -0.1) is 0 Å². The van der Waals surface area contributed by atoms with Crippen LogP contribution in [-0.4, -0.2) is 17.2 Å². The van der Waals surface area contributed by atoms with Crippen LogP contribution in [-0.2, 0) is 4.79 Å². The first-order valence-corrected chi connectivity index (χ1v) is 6.93. The third-order valence-electron chi connectivity index (χ3n) is 4.93. The number of amides is 1. The highest BCUT2D eigenvalue weighted by molar-refractivity contribution is 5.99. The first-order chi connectivity index (χ1) is 9.16. The monoisotopic (exact) mass is 255 g/mol. The number of fused-ring (bicyclic) bond motifs is 5. The first-order valence-electron chi connectivity index (χ1n) is 6.93. The number of aliphatic hydroxyl groups excluding tert-OH is 1. The van der Waals surface area contributed by atoms with E-state index >= 15 is 0 Å². The van der Waals surface area contributed by atoms with Crippen LogP contribution < -0.4 is 4.90 Å². The molecule has 19 heavy (non-hydrogen) atoms. The molecule has 1 amide bonds. The van der Waals surface area contributed by atoms with Gasteiger partial charge in [0.2, 0.25) is 5.91 Å². The Morgan fingerprint density at radius 3 is 2.79 bits per heavy atom. The predicted octanol–water partition coefficient (Wildman–Crippen LogP) is 2.10. The van der Waals surface area contributed by atoms with Crippen LogP contribution in [0.1, 0.15) is 12.0 Å². The number of aryl methyl sites for hydroxylation is 1. The Hall–Kier alpha value is -1.61. The molecule has 98 valence electrons. The number of rotatable bonds is 1.